The van der Waals surface area contributed by atoms with Gasteiger partial charge < -0.3 is 10.1 Å². The van der Waals surface area contributed by atoms with Gasteiger partial charge in [-0.1, -0.05) is 24.2 Å². The van der Waals surface area contributed by atoms with E-state index in [0.29, 0.717) is 17.7 Å². The molecule has 17 heavy (non-hydrogen) atoms. The van der Waals surface area contributed by atoms with Gasteiger partial charge in [-0.05, 0) is 43.0 Å². The Labute approximate surface area is 108 Å². The summed E-state index contributed by atoms with van der Waals surface area (Å²) >= 11 is 6.05. The fourth-order valence-corrected chi connectivity index (χ4v) is 1.70. The minimum absolute atomic E-state index is 0.517. The quantitative estimate of drug-likeness (QED) is 0.783. The third-order valence-electron chi connectivity index (χ3n) is 2.74. The summed E-state index contributed by atoms with van der Waals surface area (Å²) in [4.78, 5) is 0. The molecule has 1 aliphatic rings. The zero-order valence-electron chi connectivity index (χ0n) is 10.1. The molecule has 1 aliphatic carbocycles. The maximum Gasteiger partial charge on any atom is 0.138 e. The molecule has 92 valence electrons. The van der Waals surface area contributed by atoms with Gasteiger partial charge in [-0.3, -0.25) is 0 Å². The van der Waals surface area contributed by atoms with Crippen LogP contribution in [0.15, 0.2) is 30.4 Å². The molecule has 0 spiro atoms. The van der Waals surface area contributed by atoms with Crippen molar-refractivity contribution in [2.75, 3.05) is 13.2 Å². The highest BCUT2D eigenvalue weighted by atomic mass is 35.5. The average molecular weight is 252 g/mol. The Balaban J connectivity index is 1.79. The van der Waals surface area contributed by atoms with Crippen LogP contribution in [-0.2, 0) is 0 Å². The summed E-state index contributed by atoms with van der Waals surface area (Å²) in [7, 11) is 0. The highest BCUT2D eigenvalue weighted by molar-refractivity contribution is 6.32. The second-order valence-corrected chi connectivity index (χ2v) is 5.03. The zero-order chi connectivity index (χ0) is 12.3. The van der Waals surface area contributed by atoms with Crippen molar-refractivity contribution >= 4 is 11.6 Å². The van der Waals surface area contributed by atoms with Crippen LogP contribution in [0.25, 0.3) is 0 Å². The number of ether oxygens (including phenoxy) is 1. The van der Waals surface area contributed by atoms with Crippen LogP contribution >= 0.6 is 11.6 Å². The summed E-state index contributed by atoms with van der Waals surface area (Å²) < 4.78 is 5.66. The van der Waals surface area contributed by atoms with Gasteiger partial charge in [0.1, 0.15) is 12.4 Å². The van der Waals surface area contributed by atoms with E-state index in [9.17, 15) is 0 Å². The first-order chi connectivity index (χ1) is 8.15. The third-order valence-corrected chi connectivity index (χ3v) is 3.05. The molecule has 2 nitrogen and oxygen atoms in total. The highest BCUT2D eigenvalue weighted by Crippen LogP contribution is 2.25. The summed E-state index contributed by atoms with van der Waals surface area (Å²) in [5.41, 5.74) is 2.19. The molecular formula is C14H18ClNO. The van der Waals surface area contributed by atoms with E-state index in [1.165, 1.54) is 12.8 Å². The molecule has 0 bridgehead atoms. The van der Waals surface area contributed by atoms with Gasteiger partial charge in [0.25, 0.3) is 0 Å². The molecule has 0 aliphatic heterocycles. The number of benzene rings is 1. The molecule has 1 aromatic rings. The summed E-state index contributed by atoms with van der Waals surface area (Å²) in [6.45, 7) is 7.36. The van der Waals surface area contributed by atoms with Crippen LogP contribution in [0.4, 0.5) is 0 Å². The number of aryl methyl sites for hydroxylation is 1. The molecule has 1 fully saturated rings. The second kappa shape index (κ2) is 5.56. The molecule has 0 unspecified atom stereocenters. The number of rotatable bonds is 6. The molecule has 1 saturated carbocycles. The Kier molecular flexibility index (Phi) is 4.08. The van der Waals surface area contributed by atoms with Crippen molar-refractivity contribution in [3.8, 4) is 5.75 Å². The van der Waals surface area contributed by atoms with Crippen LogP contribution in [0.1, 0.15) is 18.4 Å². The van der Waals surface area contributed by atoms with Gasteiger partial charge in [-0.2, -0.15) is 0 Å². The maximum absolute atomic E-state index is 6.05. The van der Waals surface area contributed by atoms with Crippen LogP contribution in [0.3, 0.4) is 0 Å². The van der Waals surface area contributed by atoms with Gasteiger partial charge in [-0.25, -0.2) is 0 Å². The Morgan fingerprint density at radius 3 is 3.00 bits per heavy atom. The van der Waals surface area contributed by atoms with Crippen molar-refractivity contribution < 1.29 is 4.74 Å². The summed E-state index contributed by atoms with van der Waals surface area (Å²) in [5.74, 6) is 0.735. The second-order valence-electron chi connectivity index (χ2n) is 4.63. The van der Waals surface area contributed by atoms with Crippen molar-refractivity contribution in [3.05, 3.63) is 40.9 Å². The molecule has 1 N–H and O–H groups in total. The van der Waals surface area contributed by atoms with E-state index in [4.69, 9.17) is 16.3 Å². The summed E-state index contributed by atoms with van der Waals surface area (Å²) in [6, 6.07) is 6.48. The minimum atomic E-state index is 0.517. The molecule has 3 heteroatoms. The maximum atomic E-state index is 6.05. The zero-order valence-corrected chi connectivity index (χ0v) is 10.9. The summed E-state index contributed by atoms with van der Waals surface area (Å²) in [5, 5.41) is 4.06. The molecule has 0 aromatic heterocycles. The number of hydrogen-bond acceptors (Lipinski definition) is 2. The third kappa shape index (κ3) is 4.06. The van der Waals surface area contributed by atoms with E-state index >= 15 is 0 Å². The van der Waals surface area contributed by atoms with Gasteiger partial charge >= 0.3 is 0 Å². The Hall–Kier alpha value is -0.990. The molecule has 0 atom stereocenters. The van der Waals surface area contributed by atoms with Gasteiger partial charge in [-0.15, -0.1) is 0 Å². The van der Waals surface area contributed by atoms with Crippen molar-refractivity contribution in [1.82, 2.24) is 5.32 Å². The predicted octanol–water partition coefficient (Wildman–Crippen LogP) is 3.34. The molecule has 0 radical (unpaired) electrons. The largest absolute Gasteiger partial charge is 0.488 e. The Morgan fingerprint density at radius 1 is 1.53 bits per heavy atom. The predicted molar refractivity (Wildman–Crippen MR) is 71.8 cm³/mol. The molecule has 2 rings (SSSR count). The van der Waals surface area contributed by atoms with Crippen LogP contribution in [0.5, 0.6) is 5.75 Å². The first-order valence-corrected chi connectivity index (χ1v) is 6.32. The van der Waals surface area contributed by atoms with E-state index in [-0.39, 0.29) is 0 Å². The van der Waals surface area contributed by atoms with E-state index in [2.05, 4.69) is 11.9 Å². The average Bonchev–Trinajstić information content (AvgIpc) is 3.11. The minimum Gasteiger partial charge on any atom is -0.488 e. The first-order valence-electron chi connectivity index (χ1n) is 5.94. The molecule has 0 heterocycles. The highest BCUT2D eigenvalue weighted by Gasteiger charge is 2.20. The lowest BCUT2D eigenvalue weighted by molar-refractivity contribution is 0.348. The SMILES string of the molecule is C=C(CNC1CC1)COc1cc(C)ccc1Cl. The van der Waals surface area contributed by atoms with Crippen molar-refractivity contribution in [2.24, 2.45) is 0 Å². The standard InChI is InChI=1S/C14H18ClNO/c1-10-3-6-13(15)14(7-10)17-9-11(2)8-16-12-4-5-12/h3,6-7,12,16H,2,4-5,8-9H2,1H3. The fourth-order valence-electron chi connectivity index (χ4n) is 1.53. The lowest BCUT2D eigenvalue weighted by atomic mass is 10.2. The number of hydrogen-bond donors (Lipinski definition) is 1. The van der Waals surface area contributed by atoms with E-state index in [0.717, 1.165) is 23.4 Å². The van der Waals surface area contributed by atoms with Crippen molar-refractivity contribution in [3.63, 3.8) is 0 Å². The van der Waals surface area contributed by atoms with Gasteiger partial charge in [0.05, 0.1) is 5.02 Å². The van der Waals surface area contributed by atoms with E-state index in [1.54, 1.807) is 0 Å². The molecule has 0 saturated heterocycles. The smallest absolute Gasteiger partial charge is 0.138 e. The molecular weight excluding hydrogens is 234 g/mol. The number of nitrogens with one attached hydrogen (secondary N) is 1. The summed E-state index contributed by atoms with van der Waals surface area (Å²) in [6.07, 6.45) is 2.58. The topological polar surface area (TPSA) is 21.3 Å². The van der Waals surface area contributed by atoms with Crippen LogP contribution in [0, 0.1) is 6.92 Å². The van der Waals surface area contributed by atoms with Gasteiger partial charge in [0, 0.05) is 12.6 Å². The first kappa shape index (κ1) is 12.5. The molecule has 0 amide bonds. The fraction of sp³-hybridized carbons (Fsp3) is 0.429. The van der Waals surface area contributed by atoms with Crippen LogP contribution < -0.4 is 10.1 Å². The Bertz CT molecular complexity index is 413. The van der Waals surface area contributed by atoms with E-state index < -0.39 is 0 Å². The Morgan fingerprint density at radius 2 is 2.29 bits per heavy atom. The lowest BCUT2D eigenvalue weighted by Crippen LogP contribution is -2.21. The van der Waals surface area contributed by atoms with Crippen LogP contribution in [-0.4, -0.2) is 19.2 Å². The number of halogens is 1. The van der Waals surface area contributed by atoms with Gasteiger partial charge in [0.15, 0.2) is 0 Å². The van der Waals surface area contributed by atoms with Crippen molar-refractivity contribution in [1.29, 1.82) is 0 Å². The monoisotopic (exact) mass is 251 g/mol. The van der Waals surface area contributed by atoms with Crippen molar-refractivity contribution in [2.45, 2.75) is 25.8 Å². The molecule has 1 aromatic carbocycles. The van der Waals surface area contributed by atoms with Crippen LogP contribution in [0.2, 0.25) is 5.02 Å². The van der Waals surface area contributed by atoms with Gasteiger partial charge in [0.2, 0.25) is 0 Å². The lowest BCUT2D eigenvalue weighted by Gasteiger charge is -2.11. The van der Waals surface area contributed by atoms with E-state index in [1.807, 2.05) is 25.1 Å². The normalized spacial score (nSPS) is 14.7.